The first-order valence-corrected chi connectivity index (χ1v) is 10.1. The summed E-state index contributed by atoms with van der Waals surface area (Å²) in [6, 6.07) is 4.09. The maximum atomic E-state index is 12.1. The third kappa shape index (κ3) is 5.68. The van der Waals surface area contributed by atoms with Crippen molar-refractivity contribution < 1.29 is 9.53 Å². The molecule has 1 fully saturated rings. The van der Waals surface area contributed by atoms with Crippen molar-refractivity contribution >= 4 is 17.6 Å². The monoisotopic (exact) mass is 400 g/mol. The van der Waals surface area contributed by atoms with Crippen LogP contribution in [0.4, 0.5) is 16.3 Å². The minimum atomic E-state index is -0.490. The van der Waals surface area contributed by atoms with Crippen molar-refractivity contribution in [2.24, 2.45) is 0 Å². The van der Waals surface area contributed by atoms with Crippen molar-refractivity contribution in [2.75, 3.05) is 5.32 Å². The van der Waals surface area contributed by atoms with Gasteiger partial charge in [0.25, 0.3) is 0 Å². The molecular weight excluding hydrogens is 368 g/mol. The maximum absolute atomic E-state index is 12.1. The van der Waals surface area contributed by atoms with Gasteiger partial charge < -0.3 is 15.4 Å². The van der Waals surface area contributed by atoms with Gasteiger partial charge in [0.2, 0.25) is 0 Å². The average molecular weight is 401 g/mol. The summed E-state index contributed by atoms with van der Waals surface area (Å²) in [5, 5.41) is 19.1. The van der Waals surface area contributed by atoms with Crippen LogP contribution >= 0.6 is 0 Å². The van der Waals surface area contributed by atoms with E-state index in [0.29, 0.717) is 5.92 Å². The molecule has 2 aromatic heterocycles. The molecule has 0 radical (unpaired) electrons. The Hall–Kier alpha value is -2.64. The van der Waals surface area contributed by atoms with Crippen LogP contribution in [0, 0.1) is 0 Å². The highest BCUT2D eigenvalue weighted by atomic mass is 16.6. The Balaban J connectivity index is 1.72. The summed E-state index contributed by atoms with van der Waals surface area (Å²) in [6.07, 6.45) is 5.76. The molecule has 0 bridgehead atoms. The zero-order valence-electron chi connectivity index (χ0n) is 18.2. The van der Waals surface area contributed by atoms with Gasteiger partial charge >= 0.3 is 6.09 Å². The molecule has 2 heterocycles. The summed E-state index contributed by atoms with van der Waals surface area (Å²) in [6.45, 7) is 12.0. The van der Waals surface area contributed by atoms with Crippen LogP contribution in [0.25, 0.3) is 0 Å². The van der Waals surface area contributed by atoms with Gasteiger partial charge in [0.15, 0.2) is 0 Å². The summed E-state index contributed by atoms with van der Waals surface area (Å²) >= 11 is 0. The van der Waals surface area contributed by atoms with E-state index in [9.17, 15) is 4.79 Å². The number of hydrogen-bond donors (Lipinski definition) is 2. The van der Waals surface area contributed by atoms with E-state index in [1.165, 1.54) is 0 Å². The Morgan fingerprint density at radius 3 is 2.55 bits per heavy atom. The molecule has 3 rings (SSSR count). The molecule has 1 aliphatic carbocycles. The van der Waals surface area contributed by atoms with Gasteiger partial charge in [-0.05, 0) is 66.9 Å². The van der Waals surface area contributed by atoms with Gasteiger partial charge in [-0.15, -0.1) is 0 Å². The number of amides is 1. The van der Waals surface area contributed by atoms with E-state index in [0.717, 1.165) is 36.5 Å². The summed E-state index contributed by atoms with van der Waals surface area (Å²) in [5.74, 6) is 1.22. The van der Waals surface area contributed by atoms with E-state index in [2.05, 4.69) is 47.7 Å². The van der Waals surface area contributed by atoms with Crippen LogP contribution in [-0.2, 0) is 10.3 Å². The van der Waals surface area contributed by atoms with Gasteiger partial charge in [0.1, 0.15) is 11.4 Å². The van der Waals surface area contributed by atoms with Gasteiger partial charge in [-0.3, -0.25) is 0 Å². The average Bonchev–Trinajstić information content (AvgIpc) is 3.20. The number of carbonyl (C=O) groups is 1. The van der Waals surface area contributed by atoms with E-state index in [1.54, 1.807) is 12.4 Å². The third-order valence-corrected chi connectivity index (χ3v) is 4.79. The van der Waals surface area contributed by atoms with E-state index in [1.807, 2.05) is 31.5 Å². The van der Waals surface area contributed by atoms with Crippen LogP contribution in [0.5, 0.6) is 0 Å². The Labute approximate surface area is 172 Å². The quantitative estimate of drug-likeness (QED) is 0.793. The molecule has 2 aromatic rings. The van der Waals surface area contributed by atoms with Crippen LogP contribution < -0.4 is 10.6 Å². The second-order valence-electron chi connectivity index (χ2n) is 9.65. The second kappa shape index (κ2) is 8.00. The number of carbonyl (C=O) groups excluding carboxylic acids is 1. The minimum Gasteiger partial charge on any atom is -0.444 e. The van der Waals surface area contributed by atoms with Crippen molar-refractivity contribution in [2.45, 2.75) is 83.9 Å². The molecule has 1 unspecified atom stereocenters. The Bertz CT molecular complexity index is 835. The molecule has 2 atom stereocenters. The van der Waals surface area contributed by atoms with Crippen LogP contribution in [0.1, 0.15) is 72.4 Å². The minimum absolute atomic E-state index is 0.107. The van der Waals surface area contributed by atoms with Crippen molar-refractivity contribution in [3.8, 4) is 0 Å². The normalized spacial score (nSPS) is 19.8. The zero-order chi connectivity index (χ0) is 21.2. The summed E-state index contributed by atoms with van der Waals surface area (Å²) in [4.78, 5) is 12.1. The summed E-state index contributed by atoms with van der Waals surface area (Å²) in [7, 11) is 0. The van der Waals surface area contributed by atoms with E-state index in [-0.39, 0.29) is 17.7 Å². The zero-order valence-corrected chi connectivity index (χ0v) is 18.2. The SMILES string of the molecule is CC(C)(C)OC(=O)NC1CC[C@H](c2cc(Nc3ccnnc3)n(C(C)(C)C)n2)C1. The van der Waals surface area contributed by atoms with Crippen molar-refractivity contribution in [3.05, 3.63) is 30.2 Å². The van der Waals surface area contributed by atoms with Gasteiger partial charge in [-0.25, -0.2) is 9.48 Å². The first-order valence-electron chi connectivity index (χ1n) is 10.1. The smallest absolute Gasteiger partial charge is 0.407 e. The van der Waals surface area contributed by atoms with Crippen molar-refractivity contribution in [1.29, 1.82) is 0 Å². The summed E-state index contributed by atoms with van der Waals surface area (Å²) < 4.78 is 7.40. The lowest BCUT2D eigenvalue weighted by molar-refractivity contribution is 0.0505. The first-order chi connectivity index (χ1) is 13.5. The highest BCUT2D eigenvalue weighted by Crippen LogP contribution is 2.36. The Morgan fingerprint density at radius 2 is 1.93 bits per heavy atom. The van der Waals surface area contributed by atoms with Crippen LogP contribution in [0.2, 0.25) is 0 Å². The standard InChI is InChI=1S/C21H32N6O2/c1-20(2,3)27-18(24-16-9-10-22-23-13-16)12-17(26-27)14-7-8-15(11-14)25-19(28)29-21(4,5)6/h9-10,12-15H,7-8,11H2,1-6H3,(H,22,24)(H,25,28)/t14-,15?/m0/s1. The highest BCUT2D eigenvalue weighted by Gasteiger charge is 2.31. The fraction of sp³-hybridized carbons (Fsp3) is 0.619. The molecule has 158 valence electrons. The Morgan fingerprint density at radius 1 is 1.17 bits per heavy atom. The molecule has 0 aliphatic heterocycles. The predicted octanol–water partition coefficient (Wildman–Crippen LogP) is 4.33. The van der Waals surface area contributed by atoms with Gasteiger partial charge in [-0.2, -0.15) is 15.3 Å². The first kappa shape index (κ1) is 21.1. The maximum Gasteiger partial charge on any atom is 0.407 e. The molecule has 1 aliphatic rings. The molecule has 0 aromatic carbocycles. The fourth-order valence-electron chi connectivity index (χ4n) is 3.57. The number of nitrogens with one attached hydrogen (secondary N) is 2. The fourth-order valence-corrected chi connectivity index (χ4v) is 3.57. The van der Waals surface area contributed by atoms with Crippen molar-refractivity contribution in [1.82, 2.24) is 25.3 Å². The molecular formula is C21H32N6O2. The van der Waals surface area contributed by atoms with E-state index in [4.69, 9.17) is 9.84 Å². The number of aromatic nitrogens is 4. The molecule has 1 amide bonds. The predicted molar refractivity (Wildman–Crippen MR) is 112 cm³/mol. The number of ether oxygens (including phenoxy) is 1. The lowest BCUT2D eigenvalue weighted by Gasteiger charge is -2.22. The molecule has 8 nitrogen and oxygen atoms in total. The van der Waals surface area contributed by atoms with Crippen LogP contribution in [-0.4, -0.2) is 37.7 Å². The Kier molecular flexibility index (Phi) is 5.82. The highest BCUT2D eigenvalue weighted by molar-refractivity contribution is 5.68. The van der Waals surface area contributed by atoms with Gasteiger partial charge in [-0.1, -0.05) is 0 Å². The van der Waals surface area contributed by atoms with Crippen molar-refractivity contribution in [3.63, 3.8) is 0 Å². The van der Waals surface area contributed by atoms with Crippen LogP contribution in [0.15, 0.2) is 24.5 Å². The second-order valence-corrected chi connectivity index (χ2v) is 9.65. The molecule has 2 N–H and O–H groups in total. The van der Waals surface area contributed by atoms with Gasteiger partial charge in [0, 0.05) is 18.0 Å². The van der Waals surface area contributed by atoms with Crippen LogP contribution in [0.3, 0.4) is 0 Å². The van der Waals surface area contributed by atoms with Gasteiger partial charge in [0.05, 0.1) is 29.3 Å². The third-order valence-electron chi connectivity index (χ3n) is 4.79. The van der Waals surface area contributed by atoms with E-state index >= 15 is 0 Å². The topological polar surface area (TPSA) is 94.0 Å². The molecule has 0 saturated heterocycles. The molecule has 0 spiro atoms. The number of hydrogen-bond acceptors (Lipinski definition) is 6. The lowest BCUT2D eigenvalue weighted by atomic mass is 10.0. The number of rotatable bonds is 4. The summed E-state index contributed by atoms with van der Waals surface area (Å²) in [5.41, 5.74) is 1.25. The molecule has 29 heavy (non-hydrogen) atoms. The number of nitrogens with zero attached hydrogens (tertiary/aromatic N) is 4. The largest absolute Gasteiger partial charge is 0.444 e. The lowest BCUT2D eigenvalue weighted by Crippen LogP contribution is -2.37. The molecule has 8 heteroatoms. The number of anilines is 2. The van der Waals surface area contributed by atoms with E-state index < -0.39 is 5.60 Å². The molecule has 1 saturated carbocycles. The number of alkyl carbamates (subject to hydrolysis) is 1.